The van der Waals surface area contributed by atoms with Crippen LogP contribution in [-0.2, 0) is 6.42 Å². The van der Waals surface area contributed by atoms with Crippen LogP contribution in [0.1, 0.15) is 62.6 Å². The van der Waals surface area contributed by atoms with E-state index in [1.807, 2.05) is 12.4 Å². The molecule has 1 aromatic heterocycles. The lowest BCUT2D eigenvalue weighted by atomic mass is 9.96. The van der Waals surface area contributed by atoms with Gasteiger partial charge in [0.1, 0.15) is 6.04 Å². The molecule has 1 N–H and O–H groups in total. The number of ether oxygens (including phenoxy) is 2. The summed E-state index contributed by atoms with van der Waals surface area (Å²) >= 11 is 0. The van der Waals surface area contributed by atoms with Crippen LogP contribution >= 0.6 is 0 Å². The number of pyridine rings is 1. The topological polar surface area (TPSA) is 35.8 Å². The summed E-state index contributed by atoms with van der Waals surface area (Å²) in [4.78, 5) is 6.04. The van der Waals surface area contributed by atoms with Crippen LogP contribution in [0.3, 0.4) is 0 Å². The molecule has 0 aliphatic carbocycles. The van der Waals surface area contributed by atoms with E-state index in [4.69, 9.17) is 9.47 Å². The molecule has 4 nitrogen and oxygen atoms in total. The molecule has 0 spiro atoms. The Morgan fingerprint density at radius 3 is 2.86 bits per heavy atom. The molecule has 0 saturated carbocycles. The maximum Gasteiger partial charge on any atom is 0.161 e. The summed E-state index contributed by atoms with van der Waals surface area (Å²) in [6, 6.07) is 11.2. The van der Waals surface area contributed by atoms with Crippen LogP contribution in [0.2, 0.25) is 0 Å². The second-order valence-corrected chi connectivity index (χ2v) is 7.78. The summed E-state index contributed by atoms with van der Waals surface area (Å²) in [6.45, 7) is 5.41. The van der Waals surface area contributed by atoms with Gasteiger partial charge in [-0.3, -0.25) is 4.98 Å². The highest BCUT2D eigenvalue weighted by Gasteiger charge is 2.27. The van der Waals surface area contributed by atoms with Crippen LogP contribution in [-0.4, -0.2) is 31.8 Å². The van der Waals surface area contributed by atoms with E-state index < -0.39 is 0 Å². The Balaban J connectivity index is 1.45. The molecule has 1 saturated heterocycles. The fraction of sp³-hybridized carbons (Fsp3) is 0.542. The number of methoxy groups -OCH3 is 1. The van der Waals surface area contributed by atoms with E-state index in [0.29, 0.717) is 6.04 Å². The molecular formula is C24H35N2O2+. The molecule has 0 amide bonds. The van der Waals surface area contributed by atoms with E-state index in [0.717, 1.165) is 37.4 Å². The lowest BCUT2D eigenvalue weighted by molar-refractivity contribution is -0.937. The van der Waals surface area contributed by atoms with Crippen molar-refractivity contribution in [3.05, 3.63) is 53.9 Å². The minimum absolute atomic E-state index is 0.606. The largest absolute Gasteiger partial charge is 0.493 e. The van der Waals surface area contributed by atoms with Crippen LogP contribution in [0.15, 0.2) is 42.7 Å². The molecule has 1 unspecified atom stereocenters. The smallest absolute Gasteiger partial charge is 0.161 e. The van der Waals surface area contributed by atoms with Crippen LogP contribution in [0, 0.1) is 0 Å². The Bertz CT molecular complexity index is 705. The van der Waals surface area contributed by atoms with Gasteiger partial charge in [0.25, 0.3) is 0 Å². The van der Waals surface area contributed by atoms with E-state index in [9.17, 15) is 0 Å². The summed E-state index contributed by atoms with van der Waals surface area (Å²) in [5.41, 5.74) is 2.70. The second kappa shape index (κ2) is 11.1. The first kappa shape index (κ1) is 20.7. The highest BCUT2D eigenvalue weighted by molar-refractivity contribution is 5.43. The normalized spacial score (nSPS) is 19.4. The van der Waals surface area contributed by atoms with Gasteiger partial charge in [0.2, 0.25) is 0 Å². The number of aromatic nitrogens is 1. The van der Waals surface area contributed by atoms with Gasteiger partial charge in [-0.2, -0.15) is 0 Å². The maximum atomic E-state index is 6.02. The molecule has 0 bridgehead atoms. The third-order valence-corrected chi connectivity index (χ3v) is 5.74. The van der Waals surface area contributed by atoms with Crippen molar-refractivity contribution in [1.82, 2.24) is 4.98 Å². The molecule has 28 heavy (non-hydrogen) atoms. The standard InChI is InChI=1S/C24H34N2O2/c1-3-9-20-12-13-23(24(18-20)27-2)28-17-7-6-16-26-15-5-4-11-22(26)21-10-8-14-25-19-21/h8,10,12-14,18-19,22H,3-7,9,11,15-17H2,1-2H3/p+1/t22-/m1/s1. The number of aryl methyl sites for hydroxylation is 1. The van der Waals surface area contributed by atoms with Gasteiger partial charge in [0.05, 0.1) is 26.8 Å². The first-order chi connectivity index (χ1) is 13.8. The number of nitrogens with one attached hydrogen (secondary N) is 1. The molecule has 1 aromatic carbocycles. The summed E-state index contributed by atoms with van der Waals surface area (Å²) in [5, 5.41) is 0. The summed E-state index contributed by atoms with van der Waals surface area (Å²) < 4.78 is 11.5. The summed E-state index contributed by atoms with van der Waals surface area (Å²) in [6.07, 6.45) is 12.3. The molecule has 0 radical (unpaired) electrons. The highest BCUT2D eigenvalue weighted by Crippen LogP contribution is 2.28. The van der Waals surface area contributed by atoms with Crippen molar-refractivity contribution in [2.45, 2.75) is 57.9 Å². The van der Waals surface area contributed by atoms with Crippen molar-refractivity contribution in [2.75, 3.05) is 26.8 Å². The quantitative estimate of drug-likeness (QED) is 0.630. The average Bonchev–Trinajstić information content (AvgIpc) is 2.75. The van der Waals surface area contributed by atoms with Gasteiger partial charge >= 0.3 is 0 Å². The van der Waals surface area contributed by atoms with Crippen LogP contribution in [0.4, 0.5) is 0 Å². The first-order valence-electron chi connectivity index (χ1n) is 10.9. The third-order valence-electron chi connectivity index (χ3n) is 5.74. The van der Waals surface area contributed by atoms with E-state index in [1.54, 1.807) is 12.0 Å². The van der Waals surface area contributed by atoms with Gasteiger partial charge in [0, 0.05) is 24.4 Å². The molecule has 2 atom stereocenters. The van der Waals surface area contributed by atoms with Gasteiger partial charge in [-0.1, -0.05) is 25.5 Å². The van der Waals surface area contributed by atoms with Crippen molar-refractivity contribution in [2.24, 2.45) is 0 Å². The predicted octanol–water partition coefficient (Wildman–Crippen LogP) is 4.01. The van der Waals surface area contributed by atoms with Gasteiger partial charge in [0.15, 0.2) is 11.5 Å². The number of nitrogens with zero attached hydrogens (tertiary/aromatic N) is 1. The van der Waals surface area contributed by atoms with Gasteiger partial charge in [-0.25, -0.2) is 0 Å². The molecule has 1 fully saturated rings. The van der Waals surface area contributed by atoms with E-state index >= 15 is 0 Å². The Morgan fingerprint density at radius 2 is 2.07 bits per heavy atom. The van der Waals surface area contributed by atoms with Crippen molar-refractivity contribution < 1.29 is 14.4 Å². The van der Waals surface area contributed by atoms with Crippen LogP contribution in [0.5, 0.6) is 11.5 Å². The SMILES string of the molecule is CCCc1ccc(OCCCC[NH+]2CCCC[C@@H]2c2cccnc2)c(OC)c1. The number of likely N-dealkylation sites (tertiary alicyclic amines) is 1. The fourth-order valence-corrected chi connectivity index (χ4v) is 4.27. The molecular weight excluding hydrogens is 348 g/mol. The second-order valence-electron chi connectivity index (χ2n) is 7.78. The van der Waals surface area contributed by atoms with Gasteiger partial charge in [-0.05, 0) is 55.9 Å². The first-order valence-corrected chi connectivity index (χ1v) is 10.9. The van der Waals surface area contributed by atoms with E-state index in [1.165, 1.54) is 49.9 Å². The summed E-state index contributed by atoms with van der Waals surface area (Å²) in [7, 11) is 1.72. The molecule has 2 heterocycles. The Hall–Kier alpha value is -2.07. The highest BCUT2D eigenvalue weighted by atomic mass is 16.5. The van der Waals surface area contributed by atoms with Crippen molar-refractivity contribution in [1.29, 1.82) is 0 Å². The lowest BCUT2D eigenvalue weighted by Gasteiger charge is -2.32. The Morgan fingerprint density at radius 1 is 1.14 bits per heavy atom. The van der Waals surface area contributed by atoms with Crippen LogP contribution in [0.25, 0.3) is 0 Å². The zero-order chi connectivity index (χ0) is 19.6. The van der Waals surface area contributed by atoms with Crippen molar-refractivity contribution >= 4 is 0 Å². The van der Waals surface area contributed by atoms with Crippen molar-refractivity contribution in [3.63, 3.8) is 0 Å². The third kappa shape index (κ3) is 5.71. The molecule has 3 rings (SSSR count). The number of hydrogen-bond donors (Lipinski definition) is 1. The average molecular weight is 384 g/mol. The molecule has 1 aliphatic rings. The molecule has 2 aromatic rings. The number of hydrogen-bond acceptors (Lipinski definition) is 3. The maximum absolute atomic E-state index is 6.02. The zero-order valence-electron chi connectivity index (χ0n) is 17.5. The summed E-state index contributed by atoms with van der Waals surface area (Å²) in [5.74, 6) is 1.71. The van der Waals surface area contributed by atoms with Crippen LogP contribution < -0.4 is 14.4 Å². The Kier molecular flexibility index (Phi) is 8.16. The monoisotopic (exact) mass is 383 g/mol. The number of quaternary nitrogens is 1. The lowest BCUT2D eigenvalue weighted by Crippen LogP contribution is -3.13. The minimum Gasteiger partial charge on any atom is -0.493 e. The zero-order valence-corrected chi connectivity index (χ0v) is 17.5. The minimum atomic E-state index is 0.606. The predicted molar refractivity (Wildman–Crippen MR) is 113 cm³/mol. The Labute approximate surface area is 169 Å². The van der Waals surface area contributed by atoms with E-state index in [-0.39, 0.29) is 0 Å². The van der Waals surface area contributed by atoms with Gasteiger partial charge in [-0.15, -0.1) is 0 Å². The van der Waals surface area contributed by atoms with Crippen molar-refractivity contribution in [3.8, 4) is 11.5 Å². The number of piperidine rings is 1. The fourth-order valence-electron chi connectivity index (χ4n) is 4.27. The molecule has 4 heteroatoms. The van der Waals surface area contributed by atoms with E-state index in [2.05, 4.69) is 42.2 Å². The molecule has 1 aliphatic heterocycles. The number of unbranched alkanes of at least 4 members (excludes halogenated alkanes) is 1. The van der Waals surface area contributed by atoms with Gasteiger partial charge < -0.3 is 14.4 Å². The number of benzene rings is 1. The molecule has 152 valence electrons. The number of rotatable bonds is 10.